The highest BCUT2D eigenvalue weighted by Crippen LogP contribution is 2.32. The topological polar surface area (TPSA) is 73.9 Å². The highest BCUT2D eigenvalue weighted by molar-refractivity contribution is 7.10. The summed E-state index contributed by atoms with van der Waals surface area (Å²) in [6.07, 6.45) is 0. The third kappa shape index (κ3) is 3.99. The standard InChI is InChI=1S/C21H17NO5S/c23-19(12-25-21(24)15-8-9-16-17(11-15)27-13-26-16)22-20(18-7-4-10-28-18)14-5-2-1-3-6-14/h1-11,20H,12-13H2,(H,22,23)/t20-/m1/s1. The molecule has 6 nitrogen and oxygen atoms in total. The predicted octanol–water partition coefficient (Wildman–Crippen LogP) is 3.54. The number of fused-ring (bicyclic) bond motifs is 1. The zero-order valence-corrected chi connectivity index (χ0v) is 15.6. The van der Waals surface area contributed by atoms with Crippen molar-refractivity contribution < 1.29 is 23.8 Å². The second kappa shape index (κ2) is 8.14. The molecule has 0 aliphatic carbocycles. The number of hydrogen-bond acceptors (Lipinski definition) is 6. The van der Waals surface area contributed by atoms with Gasteiger partial charge in [0.1, 0.15) is 0 Å². The Hall–Kier alpha value is -3.32. The van der Waals surface area contributed by atoms with Crippen LogP contribution in [-0.4, -0.2) is 25.3 Å². The highest BCUT2D eigenvalue weighted by atomic mass is 32.1. The van der Waals surface area contributed by atoms with Crippen molar-refractivity contribution in [2.24, 2.45) is 0 Å². The lowest BCUT2D eigenvalue weighted by Gasteiger charge is -2.18. The molecule has 2 aromatic carbocycles. The van der Waals surface area contributed by atoms with Gasteiger partial charge >= 0.3 is 5.97 Å². The Morgan fingerprint density at radius 1 is 1.04 bits per heavy atom. The lowest BCUT2D eigenvalue weighted by Crippen LogP contribution is -2.32. The quantitative estimate of drug-likeness (QED) is 0.647. The van der Waals surface area contributed by atoms with E-state index in [1.165, 1.54) is 0 Å². The average Bonchev–Trinajstić information content (AvgIpc) is 3.42. The van der Waals surface area contributed by atoms with Gasteiger partial charge in [0.25, 0.3) is 5.91 Å². The first-order valence-corrected chi connectivity index (χ1v) is 9.53. The molecule has 0 saturated heterocycles. The zero-order valence-electron chi connectivity index (χ0n) is 14.8. The average molecular weight is 395 g/mol. The van der Waals surface area contributed by atoms with Crippen LogP contribution in [0.5, 0.6) is 11.5 Å². The highest BCUT2D eigenvalue weighted by Gasteiger charge is 2.20. The molecule has 2 heterocycles. The summed E-state index contributed by atoms with van der Waals surface area (Å²) in [6.45, 7) is -0.248. The second-order valence-electron chi connectivity index (χ2n) is 6.07. The van der Waals surface area contributed by atoms with E-state index in [9.17, 15) is 9.59 Å². The van der Waals surface area contributed by atoms with Gasteiger partial charge < -0.3 is 19.5 Å². The lowest BCUT2D eigenvalue weighted by molar-refractivity contribution is -0.124. The fourth-order valence-corrected chi connectivity index (χ4v) is 3.66. The Morgan fingerprint density at radius 2 is 1.86 bits per heavy atom. The van der Waals surface area contributed by atoms with Gasteiger partial charge in [-0.05, 0) is 35.2 Å². The van der Waals surface area contributed by atoms with Crippen molar-refractivity contribution in [2.45, 2.75) is 6.04 Å². The molecule has 1 N–H and O–H groups in total. The van der Waals surface area contributed by atoms with Gasteiger partial charge in [0.15, 0.2) is 18.1 Å². The molecule has 0 spiro atoms. The summed E-state index contributed by atoms with van der Waals surface area (Å²) in [5.41, 5.74) is 1.26. The number of hydrogen-bond donors (Lipinski definition) is 1. The fraction of sp³-hybridized carbons (Fsp3) is 0.143. The summed E-state index contributed by atoms with van der Waals surface area (Å²) in [4.78, 5) is 25.7. The maximum Gasteiger partial charge on any atom is 0.338 e. The number of amides is 1. The van der Waals surface area contributed by atoms with Gasteiger partial charge in [0, 0.05) is 4.88 Å². The number of nitrogens with one attached hydrogen (secondary N) is 1. The molecule has 0 bridgehead atoms. The van der Waals surface area contributed by atoms with Crippen molar-refractivity contribution in [2.75, 3.05) is 13.4 Å². The van der Waals surface area contributed by atoms with E-state index < -0.39 is 5.97 Å². The number of benzene rings is 2. The summed E-state index contributed by atoms with van der Waals surface area (Å²) >= 11 is 1.55. The Morgan fingerprint density at radius 3 is 2.64 bits per heavy atom. The molecule has 1 aliphatic heterocycles. The van der Waals surface area contributed by atoms with E-state index in [-0.39, 0.29) is 25.3 Å². The van der Waals surface area contributed by atoms with Gasteiger partial charge in [-0.25, -0.2) is 4.79 Å². The minimum absolute atomic E-state index is 0.125. The first-order chi connectivity index (χ1) is 13.7. The van der Waals surface area contributed by atoms with E-state index in [0.29, 0.717) is 17.1 Å². The molecule has 142 valence electrons. The Labute approximate surface area is 165 Å². The van der Waals surface area contributed by atoms with Crippen LogP contribution in [0.15, 0.2) is 66.0 Å². The number of rotatable bonds is 6. The smallest absolute Gasteiger partial charge is 0.338 e. The molecule has 0 saturated carbocycles. The van der Waals surface area contributed by atoms with Gasteiger partial charge in [0.05, 0.1) is 11.6 Å². The largest absolute Gasteiger partial charge is 0.454 e. The Balaban J connectivity index is 1.39. The summed E-state index contributed by atoms with van der Waals surface area (Å²) in [7, 11) is 0. The first-order valence-electron chi connectivity index (χ1n) is 8.65. The number of thiophene rings is 1. The minimum Gasteiger partial charge on any atom is -0.454 e. The summed E-state index contributed by atoms with van der Waals surface area (Å²) in [6, 6.07) is 18.0. The van der Waals surface area contributed by atoms with Crippen LogP contribution in [0.3, 0.4) is 0 Å². The van der Waals surface area contributed by atoms with Gasteiger partial charge in [-0.2, -0.15) is 0 Å². The van der Waals surface area contributed by atoms with Crippen molar-refractivity contribution in [3.63, 3.8) is 0 Å². The summed E-state index contributed by atoms with van der Waals surface area (Å²) in [5.74, 6) is 0.0915. The predicted molar refractivity (Wildman–Crippen MR) is 104 cm³/mol. The normalized spacial score (nSPS) is 13.0. The van der Waals surface area contributed by atoms with E-state index in [1.807, 2.05) is 47.8 Å². The zero-order chi connectivity index (χ0) is 19.3. The van der Waals surface area contributed by atoms with Crippen LogP contribution in [0.4, 0.5) is 0 Å². The van der Waals surface area contributed by atoms with Gasteiger partial charge in [-0.15, -0.1) is 11.3 Å². The van der Waals surface area contributed by atoms with Crippen molar-refractivity contribution in [1.82, 2.24) is 5.32 Å². The number of carbonyl (C=O) groups is 2. The van der Waals surface area contributed by atoms with E-state index in [4.69, 9.17) is 14.2 Å². The van der Waals surface area contributed by atoms with Crippen molar-refractivity contribution >= 4 is 23.2 Å². The van der Waals surface area contributed by atoms with Crippen LogP contribution in [-0.2, 0) is 9.53 Å². The van der Waals surface area contributed by atoms with E-state index >= 15 is 0 Å². The third-order valence-corrected chi connectivity index (χ3v) is 5.15. The lowest BCUT2D eigenvalue weighted by atomic mass is 10.1. The molecule has 4 rings (SSSR count). The third-order valence-electron chi connectivity index (χ3n) is 4.21. The van der Waals surface area contributed by atoms with Crippen molar-refractivity contribution in [3.8, 4) is 11.5 Å². The molecule has 3 aromatic rings. The van der Waals surface area contributed by atoms with Gasteiger partial charge in [-0.3, -0.25) is 4.79 Å². The molecule has 28 heavy (non-hydrogen) atoms. The molecule has 1 aliphatic rings. The van der Waals surface area contributed by atoms with Gasteiger partial charge in [0.2, 0.25) is 6.79 Å². The summed E-state index contributed by atoms with van der Waals surface area (Å²) < 4.78 is 15.6. The van der Waals surface area contributed by atoms with Crippen LogP contribution in [0.25, 0.3) is 0 Å². The Kier molecular flexibility index (Phi) is 5.25. The minimum atomic E-state index is -0.596. The molecule has 0 fully saturated rings. The maximum absolute atomic E-state index is 12.4. The Bertz CT molecular complexity index is 972. The number of ether oxygens (including phenoxy) is 3. The van der Waals surface area contributed by atoms with Crippen LogP contribution in [0, 0.1) is 0 Å². The monoisotopic (exact) mass is 395 g/mol. The van der Waals surface area contributed by atoms with E-state index in [0.717, 1.165) is 10.4 Å². The van der Waals surface area contributed by atoms with Crippen molar-refractivity contribution in [3.05, 3.63) is 82.0 Å². The first kappa shape index (κ1) is 18.1. The SMILES string of the molecule is O=C(COC(=O)c1ccc2c(c1)OCO2)N[C@H](c1ccccc1)c1cccs1. The maximum atomic E-state index is 12.4. The molecule has 7 heteroatoms. The molecule has 0 radical (unpaired) electrons. The molecule has 1 atom stereocenters. The second-order valence-corrected chi connectivity index (χ2v) is 7.05. The molecule has 1 aromatic heterocycles. The van der Waals surface area contributed by atoms with Crippen LogP contribution in [0.2, 0.25) is 0 Å². The summed E-state index contributed by atoms with van der Waals surface area (Å²) in [5, 5.41) is 4.89. The molecule has 1 amide bonds. The van der Waals surface area contributed by atoms with E-state index in [2.05, 4.69) is 5.32 Å². The van der Waals surface area contributed by atoms with Crippen molar-refractivity contribution in [1.29, 1.82) is 0 Å². The molecule has 0 unspecified atom stereocenters. The van der Waals surface area contributed by atoms with Crippen LogP contribution >= 0.6 is 11.3 Å². The van der Waals surface area contributed by atoms with Crippen LogP contribution < -0.4 is 14.8 Å². The van der Waals surface area contributed by atoms with E-state index in [1.54, 1.807) is 29.5 Å². The molecular weight excluding hydrogens is 378 g/mol. The van der Waals surface area contributed by atoms with Gasteiger partial charge in [-0.1, -0.05) is 36.4 Å². The number of esters is 1. The van der Waals surface area contributed by atoms with Crippen LogP contribution in [0.1, 0.15) is 26.8 Å². The number of carbonyl (C=O) groups excluding carboxylic acids is 2. The molecular formula is C21H17NO5S. The fourth-order valence-electron chi connectivity index (χ4n) is 2.86.